The lowest BCUT2D eigenvalue weighted by molar-refractivity contribution is 0.0917. The van der Waals surface area contributed by atoms with E-state index in [9.17, 15) is 4.39 Å². The standard InChI is InChI=1S/C20H31FN2/c1-20(2,3)16-4-8-18(9-5-16)22-12-14-23(15-13-22)19-10-6-17(21)7-11-19/h6-7,10-11,16,18H,4-5,8-9,12-15H2,1-3H3. The average molecular weight is 318 g/mol. The molecule has 0 spiro atoms. The van der Waals surface area contributed by atoms with Gasteiger partial charge < -0.3 is 4.90 Å². The Morgan fingerprint density at radius 3 is 1.96 bits per heavy atom. The third-order valence-corrected chi connectivity index (χ3v) is 5.94. The fourth-order valence-electron chi connectivity index (χ4n) is 4.30. The molecule has 1 saturated heterocycles. The SMILES string of the molecule is CC(C)(C)C1CCC(N2CCN(c3ccc(F)cc3)CC2)CC1. The molecule has 2 fully saturated rings. The Kier molecular flexibility index (Phi) is 4.96. The third kappa shape index (κ3) is 4.06. The number of hydrogen-bond acceptors (Lipinski definition) is 2. The summed E-state index contributed by atoms with van der Waals surface area (Å²) in [7, 11) is 0. The van der Waals surface area contributed by atoms with Gasteiger partial charge in [0.25, 0.3) is 0 Å². The van der Waals surface area contributed by atoms with E-state index in [2.05, 4.69) is 30.6 Å². The van der Waals surface area contributed by atoms with Crippen LogP contribution in [0.25, 0.3) is 0 Å². The van der Waals surface area contributed by atoms with Crippen LogP contribution in [0, 0.1) is 17.2 Å². The quantitative estimate of drug-likeness (QED) is 0.789. The van der Waals surface area contributed by atoms with Crippen LogP contribution in [0.5, 0.6) is 0 Å². The van der Waals surface area contributed by atoms with Crippen LogP contribution in [0.3, 0.4) is 0 Å². The van der Waals surface area contributed by atoms with Crippen LogP contribution in [-0.4, -0.2) is 37.1 Å². The zero-order valence-electron chi connectivity index (χ0n) is 14.9. The maximum atomic E-state index is 13.0. The van der Waals surface area contributed by atoms with Gasteiger partial charge >= 0.3 is 0 Å². The number of benzene rings is 1. The van der Waals surface area contributed by atoms with Gasteiger partial charge in [-0.05, 0) is 61.3 Å². The first kappa shape index (κ1) is 16.8. The van der Waals surface area contributed by atoms with Crippen LogP contribution in [0.15, 0.2) is 24.3 Å². The van der Waals surface area contributed by atoms with Crippen LogP contribution in [0.1, 0.15) is 46.5 Å². The van der Waals surface area contributed by atoms with E-state index in [1.54, 1.807) is 12.1 Å². The topological polar surface area (TPSA) is 6.48 Å². The number of hydrogen-bond donors (Lipinski definition) is 0. The smallest absolute Gasteiger partial charge is 0.123 e. The molecule has 2 aliphatic rings. The van der Waals surface area contributed by atoms with E-state index >= 15 is 0 Å². The van der Waals surface area contributed by atoms with E-state index < -0.39 is 0 Å². The minimum Gasteiger partial charge on any atom is -0.369 e. The second-order valence-corrected chi connectivity index (χ2v) is 8.37. The maximum absolute atomic E-state index is 13.0. The molecule has 0 radical (unpaired) electrons. The molecule has 0 bridgehead atoms. The molecule has 128 valence electrons. The van der Waals surface area contributed by atoms with E-state index in [0.29, 0.717) is 5.41 Å². The van der Waals surface area contributed by atoms with Gasteiger partial charge in [0.05, 0.1) is 0 Å². The molecule has 3 heteroatoms. The predicted octanol–water partition coefficient (Wildman–Crippen LogP) is 4.55. The third-order valence-electron chi connectivity index (χ3n) is 5.94. The number of nitrogens with zero attached hydrogens (tertiary/aromatic N) is 2. The first-order chi connectivity index (χ1) is 10.9. The summed E-state index contributed by atoms with van der Waals surface area (Å²) in [4.78, 5) is 5.08. The van der Waals surface area contributed by atoms with Crippen molar-refractivity contribution in [2.75, 3.05) is 31.1 Å². The Bertz CT molecular complexity index is 489. The van der Waals surface area contributed by atoms with E-state index in [-0.39, 0.29) is 5.82 Å². The fourth-order valence-corrected chi connectivity index (χ4v) is 4.30. The summed E-state index contributed by atoms with van der Waals surface area (Å²) in [5.74, 6) is 0.738. The van der Waals surface area contributed by atoms with Crippen molar-refractivity contribution in [1.82, 2.24) is 4.90 Å². The highest BCUT2D eigenvalue weighted by atomic mass is 19.1. The van der Waals surface area contributed by atoms with E-state index in [4.69, 9.17) is 0 Å². The second kappa shape index (κ2) is 6.80. The second-order valence-electron chi connectivity index (χ2n) is 8.37. The Hall–Kier alpha value is -1.09. The molecule has 3 rings (SSSR count). The molecule has 0 aromatic heterocycles. The normalized spacial score (nSPS) is 27.2. The van der Waals surface area contributed by atoms with Crippen molar-refractivity contribution in [2.24, 2.45) is 11.3 Å². The van der Waals surface area contributed by atoms with Crippen molar-refractivity contribution in [3.8, 4) is 0 Å². The summed E-state index contributed by atoms with van der Waals surface area (Å²) >= 11 is 0. The molecular weight excluding hydrogens is 287 g/mol. The lowest BCUT2D eigenvalue weighted by atomic mass is 9.71. The monoisotopic (exact) mass is 318 g/mol. The molecule has 1 aromatic rings. The highest BCUT2D eigenvalue weighted by Crippen LogP contribution is 2.39. The van der Waals surface area contributed by atoms with Gasteiger partial charge in [0.2, 0.25) is 0 Å². The fraction of sp³-hybridized carbons (Fsp3) is 0.700. The van der Waals surface area contributed by atoms with Gasteiger partial charge in [0.15, 0.2) is 0 Å². The Labute approximate surface area is 140 Å². The molecule has 0 atom stereocenters. The molecular formula is C20H31FN2. The van der Waals surface area contributed by atoms with Gasteiger partial charge in [-0.2, -0.15) is 0 Å². The van der Waals surface area contributed by atoms with Crippen LogP contribution in [0.2, 0.25) is 0 Å². The van der Waals surface area contributed by atoms with Crippen LogP contribution >= 0.6 is 0 Å². The molecule has 23 heavy (non-hydrogen) atoms. The van der Waals surface area contributed by atoms with E-state index in [0.717, 1.165) is 43.8 Å². The predicted molar refractivity (Wildman–Crippen MR) is 95.4 cm³/mol. The highest BCUT2D eigenvalue weighted by Gasteiger charge is 2.32. The highest BCUT2D eigenvalue weighted by molar-refractivity contribution is 5.46. The van der Waals surface area contributed by atoms with Gasteiger partial charge in [-0.25, -0.2) is 4.39 Å². The molecule has 0 unspecified atom stereocenters. The molecule has 0 amide bonds. The number of anilines is 1. The molecule has 1 saturated carbocycles. The molecule has 1 aromatic carbocycles. The van der Waals surface area contributed by atoms with Crippen LogP contribution in [-0.2, 0) is 0 Å². The first-order valence-corrected chi connectivity index (χ1v) is 9.18. The summed E-state index contributed by atoms with van der Waals surface area (Å²) < 4.78 is 13.0. The zero-order valence-corrected chi connectivity index (χ0v) is 14.9. The Morgan fingerprint density at radius 2 is 1.43 bits per heavy atom. The van der Waals surface area contributed by atoms with Gasteiger partial charge in [0.1, 0.15) is 5.82 Å². The maximum Gasteiger partial charge on any atom is 0.123 e. The summed E-state index contributed by atoms with van der Waals surface area (Å²) in [6.07, 6.45) is 5.48. The largest absolute Gasteiger partial charge is 0.369 e. The zero-order chi connectivity index (χ0) is 16.4. The summed E-state index contributed by atoms with van der Waals surface area (Å²) in [6.45, 7) is 11.6. The summed E-state index contributed by atoms with van der Waals surface area (Å²) in [6, 6.07) is 7.72. The van der Waals surface area contributed by atoms with Gasteiger partial charge in [0, 0.05) is 37.9 Å². The molecule has 2 nitrogen and oxygen atoms in total. The van der Waals surface area contributed by atoms with Crippen molar-refractivity contribution in [2.45, 2.75) is 52.5 Å². The van der Waals surface area contributed by atoms with Gasteiger partial charge in [-0.1, -0.05) is 20.8 Å². The lowest BCUT2D eigenvalue weighted by Crippen LogP contribution is -2.51. The first-order valence-electron chi connectivity index (χ1n) is 9.18. The summed E-state index contributed by atoms with van der Waals surface area (Å²) in [5, 5.41) is 0. The molecule has 1 heterocycles. The van der Waals surface area contributed by atoms with Crippen molar-refractivity contribution < 1.29 is 4.39 Å². The average Bonchev–Trinajstić information content (AvgIpc) is 2.55. The minimum absolute atomic E-state index is 0.150. The number of piperazine rings is 1. The van der Waals surface area contributed by atoms with Crippen molar-refractivity contribution in [3.63, 3.8) is 0 Å². The van der Waals surface area contributed by atoms with E-state index in [1.807, 2.05) is 12.1 Å². The number of rotatable bonds is 2. The molecule has 1 aliphatic heterocycles. The van der Waals surface area contributed by atoms with Crippen LogP contribution < -0.4 is 4.90 Å². The van der Waals surface area contributed by atoms with Crippen molar-refractivity contribution >= 4 is 5.69 Å². The lowest BCUT2D eigenvalue weighted by Gasteiger charge is -2.44. The minimum atomic E-state index is -0.150. The number of halogens is 1. The van der Waals surface area contributed by atoms with Gasteiger partial charge in [-0.3, -0.25) is 4.90 Å². The molecule has 0 N–H and O–H groups in total. The molecule has 1 aliphatic carbocycles. The van der Waals surface area contributed by atoms with E-state index in [1.165, 1.54) is 25.7 Å². The van der Waals surface area contributed by atoms with Crippen LogP contribution in [0.4, 0.5) is 10.1 Å². The Morgan fingerprint density at radius 1 is 0.870 bits per heavy atom. The summed E-state index contributed by atoms with van der Waals surface area (Å²) in [5.41, 5.74) is 1.62. The van der Waals surface area contributed by atoms with Gasteiger partial charge in [-0.15, -0.1) is 0 Å². The Balaban J connectivity index is 1.49. The van der Waals surface area contributed by atoms with Crippen molar-refractivity contribution in [3.05, 3.63) is 30.1 Å². The van der Waals surface area contributed by atoms with Crippen molar-refractivity contribution in [1.29, 1.82) is 0 Å².